The van der Waals surface area contributed by atoms with E-state index in [0.29, 0.717) is 0 Å². The summed E-state index contributed by atoms with van der Waals surface area (Å²) in [4.78, 5) is 12.0. The number of methoxy groups -OCH3 is 1. The SMILES string of the molecule is CO[C@@H]1C(CO)O[C@H](O[C@H]2C(O)C(O)[C@H](O[C@@H]3C(CO)O[C@@H](C)[C@@H](NS(=O)(=O)[O-])C3O)O[C@H]2C(=O)[O-])[C@@H](NS(=O)(=O)[O-])C1O. The molecule has 0 spiro atoms. The minimum Gasteiger partial charge on any atom is -0.735 e. The Balaban J connectivity index is 1.87. The molecule has 0 aromatic heterocycles. The molecule has 0 amide bonds. The van der Waals surface area contributed by atoms with Gasteiger partial charge in [0, 0.05) is 7.11 Å². The van der Waals surface area contributed by atoms with Gasteiger partial charge in [-0.25, -0.2) is 26.3 Å². The van der Waals surface area contributed by atoms with E-state index in [-0.39, 0.29) is 0 Å². The number of carbonyl (C=O) groups excluding carboxylic acids is 1. The van der Waals surface area contributed by atoms with E-state index >= 15 is 0 Å². The molecule has 6 unspecified atom stereocenters. The van der Waals surface area contributed by atoms with Gasteiger partial charge in [-0.1, -0.05) is 0 Å². The fraction of sp³-hybridized carbons (Fsp3) is 0.950. The number of ether oxygens (including phenoxy) is 6. The summed E-state index contributed by atoms with van der Waals surface area (Å²) in [5.41, 5.74) is 0. The Labute approximate surface area is 250 Å². The Hall–Kier alpha value is -1.27. The minimum atomic E-state index is -5.35. The number of nitrogens with one attached hydrogen (secondary N) is 2. The van der Waals surface area contributed by atoms with Gasteiger partial charge < -0.3 is 78.1 Å². The maximum atomic E-state index is 12.0. The van der Waals surface area contributed by atoms with E-state index in [1.54, 1.807) is 4.72 Å². The number of aliphatic hydroxyl groups is 6. The zero-order valence-corrected chi connectivity index (χ0v) is 24.4. The van der Waals surface area contributed by atoms with Crippen molar-refractivity contribution in [2.45, 2.75) is 98.7 Å². The molecule has 24 heteroatoms. The molecular weight excluding hydrogens is 652 g/mol. The average molecular weight is 686 g/mol. The van der Waals surface area contributed by atoms with Crippen molar-refractivity contribution in [3.8, 4) is 0 Å². The van der Waals surface area contributed by atoms with Crippen LogP contribution in [0.25, 0.3) is 0 Å². The lowest BCUT2D eigenvalue weighted by Crippen LogP contribution is -2.70. The highest BCUT2D eigenvalue weighted by Gasteiger charge is 2.54. The van der Waals surface area contributed by atoms with Crippen LogP contribution >= 0.6 is 0 Å². The van der Waals surface area contributed by atoms with Crippen LogP contribution in [0.15, 0.2) is 0 Å². The van der Waals surface area contributed by atoms with Gasteiger partial charge in [0.05, 0.1) is 31.3 Å². The predicted molar refractivity (Wildman–Crippen MR) is 129 cm³/mol. The molecule has 22 nitrogen and oxygen atoms in total. The van der Waals surface area contributed by atoms with Crippen LogP contribution in [-0.2, 0) is 53.8 Å². The van der Waals surface area contributed by atoms with Crippen molar-refractivity contribution in [1.82, 2.24) is 9.44 Å². The summed E-state index contributed by atoms with van der Waals surface area (Å²) in [5.74, 6) is -2.12. The van der Waals surface area contributed by atoms with E-state index in [4.69, 9.17) is 28.4 Å². The highest BCUT2D eigenvalue weighted by Crippen LogP contribution is 2.33. The first-order valence-electron chi connectivity index (χ1n) is 12.7. The number of hydrogen-bond acceptors (Lipinski definition) is 20. The van der Waals surface area contributed by atoms with E-state index in [0.717, 1.165) is 7.11 Å². The Morgan fingerprint density at radius 1 is 0.750 bits per heavy atom. The molecule has 258 valence electrons. The fourth-order valence-corrected chi connectivity index (χ4v) is 6.40. The minimum absolute atomic E-state index is 0.863. The molecule has 3 aliphatic rings. The van der Waals surface area contributed by atoms with E-state index in [1.165, 1.54) is 11.6 Å². The van der Waals surface area contributed by atoms with Crippen LogP contribution in [-0.4, -0.2) is 175 Å². The molecule has 8 N–H and O–H groups in total. The Morgan fingerprint density at radius 2 is 1.25 bits per heavy atom. The predicted octanol–water partition coefficient (Wildman–Crippen LogP) is -8.98. The van der Waals surface area contributed by atoms with Gasteiger partial charge in [-0.2, -0.15) is 0 Å². The van der Waals surface area contributed by atoms with E-state index in [9.17, 15) is 66.5 Å². The van der Waals surface area contributed by atoms with Gasteiger partial charge in [0.2, 0.25) is 0 Å². The Morgan fingerprint density at radius 3 is 1.75 bits per heavy atom. The van der Waals surface area contributed by atoms with Crippen molar-refractivity contribution in [2.75, 3.05) is 20.3 Å². The third kappa shape index (κ3) is 8.55. The van der Waals surface area contributed by atoms with Crippen LogP contribution in [0.2, 0.25) is 0 Å². The Kier molecular flexibility index (Phi) is 12.4. The Bertz CT molecular complexity index is 1190. The third-order valence-corrected chi connectivity index (χ3v) is 8.31. The van der Waals surface area contributed by atoms with Crippen molar-refractivity contribution in [3.05, 3.63) is 0 Å². The molecule has 15 atom stereocenters. The summed E-state index contributed by atoms with van der Waals surface area (Å²) in [6, 6.07) is -3.68. The normalized spacial score (nSPS) is 43.9. The van der Waals surface area contributed by atoms with E-state index in [1.807, 2.05) is 0 Å². The number of hydrogen-bond donors (Lipinski definition) is 8. The second kappa shape index (κ2) is 14.7. The van der Waals surface area contributed by atoms with Gasteiger partial charge in [-0.3, -0.25) is 0 Å². The summed E-state index contributed by atoms with van der Waals surface area (Å²) in [6.45, 7) is -0.495. The van der Waals surface area contributed by atoms with Crippen LogP contribution in [0, 0.1) is 0 Å². The first-order valence-corrected chi connectivity index (χ1v) is 15.6. The molecule has 0 radical (unpaired) electrons. The quantitative estimate of drug-likeness (QED) is 0.0884. The molecule has 3 saturated heterocycles. The van der Waals surface area contributed by atoms with E-state index < -0.39 is 132 Å². The fourth-order valence-electron chi connectivity index (χ4n) is 5.15. The third-order valence-electron chi connectivity index (χ3n) is 7.19. The first-order chi connectivity index (χ1) is 20.3. The summed E-state index contributed by atoms with van der Waals surface area (Å²) in [5, 5.41) is 74.3. The van der Waals surface area contributed by atoms with Crippen LogP contribution in [0.1, 0.15) is 6.92 Å². The van der Waals surface area contributed by atoms with Crippen LogP contribution in [0.3, 0.4) is 0 Å². The lowest BCUT2D eigenvalue weighted by molar-refractivity contribution is -0.378. The van der Waals surface area contributed by atoms with Crippen LogP contribution in [0.4, 0.5) is 0 Å². The molecule has 3 fully saturated rings. The molecule has 3 heterocycles. The van der Waals surface area contributed by atoms with Gasteiger partial charge in [0.25, 0.3) is 0 Å². The molecule has 44 heavy (non-hydrogen) atoms. The summed E-state index contributed by atoms with van der Waals surface area (Å²) in [6.07, 6.45) is -24.8. The van der Waals surface area contributed by atoms with Crippen LogP contribution in [0.5, 0.6) is 0 Å². The molecule has 0 bridgehead atoms. The van der Waals surface area contributed by atoms with Crippen molar-refractivity contribution < 1.29 is 94.9 Å². The van der Waals surface area contributed by atoms with Gasteiger partial charge in [-0.05, 0) is 6.92 Å². The van der Waals surface area contributed by atoms with Gasteiger partial charge >= 0.3 is 0 Å². The first kappa shape index (κ1) is 37.2. The van der Waals surface area contributed by atoms with Crippen molar-refractivity contribution >= 4 is 26.6 Å². The number of rotatable bonds is 12. The van der Waals surface area contributed by atoms with Crippen molar-refractivity contribution in [1.29, 1.82) is 0 Å². The van der Waals surface area contributed by atoms with Gasteiger partial charge in [0.15, 0.2) is 33.2 Å². The maximum Gasteiger partial charge on any atom is 0.187 e. The lowest BCUT2D eigenvalue weighted by Gasteiger charge is -2.49. The molecular formula is C20H33N2O20S2-3. The highest BCUT2D eigenvalue weighted by molar-refractivity contribution is 7.83. The largest absolute Gasteiger partial charge is 0.735 e. The summed E-state index contributed by atoms with van der Waals surface area (Å²) >= 11 is 0. The number of aliphatic hydroxyl groups excluding tert-OH is 6. The van der Waals surface area contributed by atoms with Gasteiger partial charge in [-0.15, -0.1) is 0 Å². The maximum absolute atomic E-state index is 12.0. The molecule has 0 aliphatic carbocycles. The second-order valence-corrected chi connectivity index (χ2v) is 12.4. The molecule has 0 aromatic rings. The highest BCUT2D eigenvalue weighted by atomic mass is 32.2. The molecule has 3 rings (SSSR count). The number of aliphatic carboxylic acids is 1. The lowest BCUT2D eigenvalue weighted by atomic mass is 9.93. The van der Waals surface area contributed by atoms with Crippen LogP contribution < -0.4 is 14.6 Å². The average Bonchev–Trinajstić information content (AvgIpc) is 2.91. The van der Waals surface area contributed by atoms with Gasteiger partial charge in [0.1, 0.15) is 67.1 Å². The zero-order chi connectivity index (χ0) is 33.3. The zero-order valence-electron chi connectivity index (χ0n) is 22.8. The smallest absolute Gasteiger partial charge is 0.187 e. The summed E-state index contributed by atoms with van der Waals surface area (Å²) in [7, 11) is -9.45. The number of carbonyl (C=O) groups is 1. The number of carboxylic acid groups (broad SMARTS) is 1. The molecule has 0 aromatic carbocycles. The van der Waals surface area contributed by atoms with E-state index in [2.05, 4.69) is 0 Å². The van der Waals surface area contributed by atoms with Crippen molar-refractivity contribution in [3.63, 3.8) is 0 Å². The summed E-state index contributed by atoms with van der Waals surface area (Å²) < 4.78 is 103. The topological polar surface area (TPSA) is 355 Å². The monoisotopic (exact) mass is 685 g/mol. The molecule has 3 aliphatic heterocycles. The standard InChI is InChI=1S/C20H36N2O20S2/c1-5-8(21-43(31,32)33)10(25)15(7(4-24)38-5)40-20-13(28)12(27)16(17(42-20)18(29)30)41-19-9(22-44(34,35)36)11(26)14(37-2)6(3-23)39-19/h5-17,19-28H,3-4H2,1-2H3,(H,29,30)(H,31,32,33)(H,34,35,36)/p-3/t5-,6?,7?,8+,9-,10?,11?,12?,13?,14+,15+,16-,17+,19+,20+/m0/s1. The second-order valence-electron chi connectivity index (χ2n) is 10.1. The molecule has 0 saturated carbocycles. The number of carboxylic acids is 1. The van der Waals surface area contributed by atoms with Crippen molar-refractivity contribution in [2.24, 2.45) is 0 Å².